The Kier molecular flexibility index (Phi) is 4.53. The summed E-state index contributed by atoms with van der Waals surface area (Å²) in [5.74, 6) is 0.0841. The molecule has 1 aromatic carbocycles. The van der Waals surface area contributed by atoms with Gasteiger partial charge in [0.2, 0.25) is 15.9 Å². The van der Waals surface area contributed by atoms with Crippen molar-refractivity contribution in [3.05, 3.63) is 23.8 Å². The summed E-state index contributed by atoms with van der Waals surface area (Å²) in [4.78, 5) is 13.4. The fourth-order valence-electron chi connectivity index (χ4n) is 2.53. The van der Waals surface area contributed by atoms with Crippen LogP contribution in [0.4, 0.5) is 5.69 Å². The first-order valence-electron chi connectivity index (χ1n) is 6.95. The van der Waals surface area contributed by atoms with Gasteiger partial charge in [-0.25, -0.2) is 13.1 Å². The average molecular weight is 311 g/mol. The van der Waals surface area contributed by atoms with Crippen molar-refractivity contribution in [3.63, 3.8) is 0 Å². The molecule has 0 aromatic heterocycles. The lowest BCUT2D eigenvalue weighted by molar-refractivity contribution is -0.127. The summed E-state index contributed by atoms with van der Waals surface area (Å²) in [6.07, 6.45) is 1.39. The van der Waals surface area contributed by atoms with Crippen LogP contribution in [0.3, 0.4) is 0 Å². The summed E-state index contributed by atoms with van der Waals surface area (Å²) < 4.78 is 27.3. The fourth-order valence-corrected chi connectivity index (χ4v) is 3.90. The Labute approximate surface area is 125 Å². The number of sulfonamides is 1. The standard InChI is InChI=1S/C14H21N3O3S/c1-10-6-12(15)8-13(7-10)21(19,20)16-11(2)9-17-5-3-4-14(17)18/h6-8,11,16H,3-5,9,15H2,1-2H3. The lowest BCUT2D eigenvalue weighted by Crippen LogP contribution is -2.42. The average Bonchev–Trinajstić information content (AvgIpc) is 2.73. The van der Waals surface area contributed by atoms with Crippen molar-refractivity contribution in [1.82, 2.24) is 9.62 Å². The number of benzene rings is 1. The molecule has 1 atom stereocenters. The van der Waals surface area contributed by atoms with Gasteiger partial charge in [0, 0.05) is 31.2 Å². The molecule has 0 radical (unpaired) electrons. The number of hydrogen-bond acceptors (Lipinski definition) is 4. The van der Waals surface area contributed by atoms with Crippen LogP contribution in [0, 0.1) is 6.92 Å². The fraction of sp³-hybridized carbons (Fsp3) is 0.500. The van der Waals surface area contributed by atoms with Gasteiger partial charge >= 0.3 is 0 Å². The number of nitrogen functional groups attached to an aromatic ring is 1. The first-order chi connectivity index (χ1) is 9.78. The van der Waals surface area contributed by atoms with E-state index in [9.17, 15) is 13.2 Å². The lowest BCUT2D eigenvalue weighted by atomic mass is 10.2. The van der Waals surface area contributed by atoms with E-state index in [-0.39, 0.29) is 16.8 Å². The predicted octanol–water partition coefficient (Wildman–Crippen LogP) is 0.866. The maximum atomic E-state index is 12.3. The van der Waals surface area contributed by atoms with Gasteiger partial charge in [0.05, 0.1) is 4.90 Å². The van der Waals surface area contributed by atoms with Crippen LogP contribution in [-0.2, 0) is 14.8 Å². The van der Waals surface area contributed by atoms with Crippen molar-refractivity contribution < 1.29 is 13.2 Å². The van der Waals surface area contributed by atoms with E-state index >= 15 is 0 Å². The Morgan fingerprint density at radius 3 is 2.67 bits per heavy atom. The highest BCUT2D eigenvalue weighted by Crippen LogP contribution is 2.17. The molecule has 1 saturated heterocycles. The third-order valence-corrected chi connectivity index (χ3v) is 4.97. The number of likely N-dealkylation sites (tertiary alicyclic amines) is 1. The zero-order chi connectivity index (χ0) is 15.6. The van der Waals surface area contributed by atoms with Crippen LogP contribution in [0.15, 0.2) is 23.1 Å². The SMILES string of the molecule is Cc1cc(N)cc(S(=O)(=O)NC(C)CN2CCCC2=O)c1. The minimum atomic E-state index is -3.63. The molecule has 0 bridgehead atoms. The molecule has 21 heavy (non-hydrogen) atoms. The summed E-state index contributed by atoms with van der Waals surface area (Å²) in [6.45, 7) is 4.63. The number of nitrogens with zero attached hydrogens (tertiary/aromatic N) is 1. The zero-order valence-corrected chi connectivity index (χ0v) is 13.1. The molecule has 0 aliphatic carbocycles. The van der Waals surface area contributed by atoms with E-state index in [1.54, 1.807) is 30.9 Å². The van der Waals surface area contributed by atoms with Gasteiger partial charge in [-0.2, -0.15) is 0 Å². The number of carbonyl (C=O) groups is 1. The Balaban J connectivity index is 2.07. The predicted molar refractivity (Wildman–Crippen MR) is 81.2 cm³/mol. The molecule has 0 spiro atoms. The van der Waals surface area contributed by atoms with Gasteiger partial charge in [-0.05, 0) is 44.0 Å². The van der Waals surface area contributed by atoms with Gasteiger partial charge in [0.25, 0.3) is 0 Å². The molecule has 1 heterocycles. The van der Waals surface area contributed by atoms with E-state index in [2.05, 4.69) is 4.72 Å². The van der Waals surface area contributed by atoms with Crippen LogP contribution >= 0.6 is 0 Å². The van der Waals surface area contributed by atoms with Crippen molar-refractivity contribution in [3.8, 4) is 0 Å². The van der Waals surface area contributed by atoms with Crippen LogP contribution in [0.5, 0.6) is 0 Å². The Morgan fingerprint density at radius 2 is 2.10 bits per heavy atom. The van der Waals surface area contributed by atoms with E-state index in [1.807, 2.05) is 0 Å². The second-order valence-electron chi connectivity index (χ2n) is 5.55. The number of nitrogens with one attached hydrogen (secondary N) is 1. The molecule has 1 aromatic rings. The smallest absolute Gasteiger partial charge is 0.240 e. The second-order valence-corrected chi connectivity index (χ2v) is 7.26. The van der Waals surface area contributed by atoms with E-state index in [4.69, 9.17) is 5.73 Å². The Morgan fingerprint density at radius 1 is 1.38 bits per heavy atom. The second kappa shape index (κ2) is 6.03. The van der Waals surface area contributed by atoms with Crippen molar-refractivity contribution in [2.75, 3.05) is 18.8 Å². The molecule has 7 heteroatoms. The molecule has 116 valence electrons. The third-order valence-electron chi connectivity index (χ3n) is 3.41. The van der Waals surface area contributed by atoms with E-state index in [1.165, 1.54) is 6.07 Å². The highest BCUT2D eigenvalue weighted by Gasteiger charge is 2.24. The number of aryl methyl sites for hydroxylation is 1. The first kappa shape index (κ1) is 15.8. The van der Waals surface area contributed by atoms with Crippen molar-refractivity contribution >= 4 is 21.6 Å². The minimum Gasteiger partial charge on any atom is -0.399 e. The number of carbonyl (C=O) groups excluding carboxylic acids is 1. The minimum absolute atomic E-state index is 0.0841. The summed E-state index contributed by atoms with van der Waals surface area (Å²) >= 11 is 0. The van der Waals surface area contributed by atoms with Crippen LogP contribution in [-0.4, -0.2) is 38.4 Å². The van der Waals surface area contributed by atoms with Crippen LogP contribution < -0.4 is 10.5 Å². The highest BCUT2D eigenvalue weighted by molar-refractivity contribution is 7.89. The van der Waals surface area contributed by atoms with Crippen LogP contribution in [0.1, 0.15) is 25.3 Å². The highest BCUT2D eigenvalue weighted by atomic mass is 32.2. The number of anilines is 1. The number of amides is 1. The molecular weight excluding hydrogens is 290 g/mol. The number of rotatable bonds is 5. The van der Waals surface area contributed by atoms with Crippen LogP contribution in [0.2, 0.25) is 0 Å². The van der Waals surface area contributed by atoms with Crippen LogP contribution in [0.25, 0.3) is 0 Å². The molecule has 1 aliphatic heterocycles. The summed E-state index contributed by atoms with van der Waals surface area (Å²) in [5.41, 5.74) is 6.90. The molecule has 6 nitrogen and oxygen atoms in total. The topological polar surface area (TPSA) is 92.5 Å². The number of nitrogens with two attached hydrogens (primary N) is 1. The van der Waals surface area contributed by atoms with Gasteiger partial charge < -0.3 is 10.6 Å². The Bertz CT molecular complexity index is 623. The summed E-state index contributed by atoms with van der Waals surface area (Å²) in [5, 5.41) is 0. The van der Waals surface area contributed by atoms with Crippen molar-refractivity contribution in [1.29, 1.82) is 0 Å². The Hall–Kier alpha value is -1.60. The van der Waals surface area contributed by atoms with Gasteiger partial charge in [-0.15, -0.1) is 0 Å². The molecule has 1 amide bonds. The van der Waals surface area contributed by atoms with Gasteiger partial charge in [-0.3, -0.25) is 4.79 Å². The first-order valence-corrected chi connectivity index (χ1v) is 8.43. The molecule has 1 aliphatic rings. The quantitative estimate of drug-likeness (QED) is 0.789. The summed E-state index contributed by atoms with van der Waals surface area (Å²) in [7, 11) is -3.63. The molecule has 1 unspecified atom stereocenters. The van der Waals surface area contributed by atoms with Gasteiger partial charge in [-0.1, -0.05) is 0 Å². The monoisotopic (exact) mass is 311 g/mol. The molecule has 2 rings (SSSR count). The van der Waals surface area contributed by atoms with E-state index < -0.39 is 10.0 Å². The van der Waals surface area contributed by atoms with Gasteiger partial charge in [0.15, 0.2) is 0 Å². The van der Waals surface area contributed by atoms with Crippen molar-refractivity contribution in [2.45, 2.75) is 37.6 Å². The zero-order valence-electron chi connectivity index (χ0n) is 12.3. The van der Waals surface area contributed by atoms with E-state index in [0.29, 0.717) is 25.2 Å². The van der Waals surface area contributed by atoms with Crippen molar-refractivity contribution in [2.24, 2.45) is 0 Å². The normalized spacial score (nSPS) is 17.2. The number of hydrogen-bond donors (Lipinski definition) is 2. The molecular formula is C14H21N3O3S. The molecule has 1 fully saturated rings. The van der Waals surface area contributed by atoms with E-state index in [0.717, 1.165) is 12.0 Å². The third kappa shape index (κ3) is 3.95. The molecule has 3 N–H and O–H groups in total. The maximum absolute atomic E-state index is 12.3. The maximum Gasteiger partial charge on any atom is 0.240 e. The lowest BCUT2D eigenvalue weighted by Gasteiger charge is -2.21. The van der Waals surface area contributed by atoms with Gasteiger partial charge in [0.1, 0.15) is 0 Å². The molecule has 0 saturated carbocycles. The summed E-state index contributed by atoms with van der Waals surface area (Å²) in [6, 6.07) is 4.37. The largest absolute Gasteiger partial charge is 0.399 e.